The van der Waals surface area contributed by atoms with Gasteiger partial charge in [-0.05, 0) is 12.1 Å². The highest BCUT2D eigenvalue weighted by atomic mass is 32.1. The molecule has 0 aliphatic carbocycles. The van der Waals surface area contributed by atoms with E-state index in [0.717, 1.165) is 17.1 Å². The molecule has 1 heterocycles. The van der Waals surface area contributed by atoms with Gasteiger partial charge in [-0.2, -0.15) is 0 Å². The number of carbonyl (C=O) groups is 2. The SMILES string of the molecule is CC(C)c1nc(CC(=O)NCC(=O)Nc2ccc(F)c(F)c2)cs1. The first-order chi connectivity index (χ1) is 11.3. The summed E-state index contributed by atoms with van der Waals surface area (Å²) >= 11 is 1.49. The van der Waals surface area contributed by atoms with Gasteiger partial charge in [0.05, 0.1) is 23.7 Å². The molecule has 2 rings (SSSR count). The summed E-state index contributed by atoms with van der Waals surface area (Å²) in [6.07, 6.45) is 0.0850. The molecule has 0 spiro atoms. The molecule has 24 heavy (non-hydrogen) atoms. The maximum Gasteiger partial charge on any atom is 0.243 e. The number of rotatable bonds is 6. The second kappa shape index (κ2) is 7.96. The zero-order chi connectivity index (χ0) is 17.7. The van der Waals surface area contributed by atoms with Gasteiger partial charge in [0, 0.05) is 23.1 Å². The fourth-order valence-corrected chi connectivity index (χ4v) is 2.69. The molecule has 0 saturated heterocycles. The number of nitrogens with one attached hydrogen (secondary N) is 2. The van der Waals surface area contributed by atoms with Crippen molar-refractivity contribution in [3.63, 3.8) is 0 Å². The van der Waals surface area contributed by atoms with E-state index >= 15 is 0 Å². The number of thiazole rings is 1. The zero-order valence-corrected chi connectivity index (χ0v) is 14.0. The Hall–Kier alpha value is -2.35. The molecule has 0 aliphatic heterocycles. The van der Waals surface area contributed by atoms with Gasteiger partial charge in [-0.1, -0.05) is 13.8 Å². The van der Waals surface area contributed by atoms with E-state index in [9.17, 15) is 18.4 Å². The predicted octanol–water partition coefficient (Wildman–Crippen LogP) is 2.84. The third-order valence-electron chi connectivity index (χ3n) is 3.05. The van der Waals surface area contributed by atoms with Crippen LogP contribution in [-0.2, 0) is 16.0 Å². The lowest BCUT2D eigenvalue weighted by atomic mass is 10.2. The number of halogens is 2. The average molecular weight is 353 g/mol. The normalized spacial score (nSPS) is 10.7. The van der Waals surface area contributed by atoms with Gasteiger partial charge in [-0.15, -0.1) is 11.3 Å². The van der Waals surface area contributed by atoms with Crippen molar-refractivity contribution in [1.82, 2.24) is 10.3 Å². The van der Waals surface area contributed by atoms with Crippen LogP contribution in [-0.4, -0.2) is 23.3 Å². The van der Waals surface area contributed by atoms with Crippen molar-refractivity contribution in [2.24, 2.45) is 0 Å². The minimum atomic E-state index is -1.05. The number of nitrogens with zero attached hydrogens (tertiary/aromatic N) is 1. The van der Waals surface area contributed by atoms with E-state index in [1.807, 2.05) is 19.2 Å². The zero-order valence-electron chi connectivity index (χ0n) is 13.2. The summed E-state index contributed by atoms with van der Waals surface area (Å²) in [5.41, 5.74) is 0.774. The van der Waals surface area contributed by atoms with E-state index in [1.54, 1.807) is 0 Å². The standard InChI is InChI=1S/C16H17F2N3O2S/c1-9(2)16-21-11(8-24-16)6-14(22)19-7-15(23)20-10-3-4-12(17)13(18)5-10/h3-5,8-9H,6-7H2,1-2H3,(H,19,22)(H,20,23). The van der Waals surface area contributed by atoms with Gasteiger partial charge in [0.15, 0.2) is 11.6 Å². The highest BCUT2D eigenvalue weighted by molar-refractivity contribution is 7.09. The van der Waals surface area contributed by atoms with Crippen molar-refractivity contribution in [3.8, 4) is 0 Å². The van der Waals surface area contributed by atoms with Crippen molar-refractivity contribution in [2.45, 2.75) is 26.2 Å². The van der Waals surface area contributed by atoms with Crippen molar-refractivity contribution < 1.29 is 18.4 Å². The fraction of sp³-hybridized carbons (Fsp3) is 0.312. The monoisotopic (exact) mass is 353 g/mol. The van der Waals surface area contributed by atoms with Gasteiger partial charge in [-0.3, -0.25) is 9.59 Å². The first kappa shape index (κ1) is 18.0. The summed E-state index contributed by atoms with van der Waals surface area (Å²) in [6, 6.07) is 3.02. The second-order valence-electron chi connectivity index (χ2n) is 5.46. The van der Waals surface area contributed by atoms with Crippen LogP contribution in [0.3, 0.4) is 0 Å². The lowest BCUT2D eigenvalue weighted by Crippen LogP contribution is -2.33. The molecule has 0 atom stereocenters. The van der Waals surface area contributed by atoms with Crippen molar-refractivity contribution in [3.05, 3.63) is 45.9 Å². The van der Waals surface area contributed by atoms with Crippen LogP contribution in [0.1, 0.15) is 30.5 Å². The van der Waals surface area contributed by atoms with Crippen LogP contribution < -0.4 is 10.6 Å². The summed E-state index contributed by atoms with van der Waals surface area (Å²) in [5.74, 6) is -2.62. The lowest BCUT2D eigenvalue weighted by molar-refractivity contribution is -0.123. The van der Waals surface area contributed by atoms with Crippen LogP contribution >= 0.6 is 11.3 Å². The van der Waals surface area contributed by atoms with Crippen LogP contribution in [0.5, 0.6) is 0 Å². The second-order valence-corrected chi connectivity index (χ2v) is 6.35. The van der Waals surface area contributed by atoms with Crippen LogP contribution in [0, 0.1) is 11.6 Å². The summed E-state index contributed by atoms with van der Waals surface area (Å²) < 4.78 is 25.8. The molecule has 2 aromatic rings. The number of benzene rings is 1. The van der Waals surface area contributed by atoms with Crippen LogP contribution in [0.2, 0.25) is 0 Å². The molecule has 0 fully saturated rings. The van der Waals surface area contributed by atoms with Gasteiger partial charge in [-0.25, -0.2) is 13.8 Å². The van der Waals surface area contributed by atoms with Gasteiger partial charge >= 0.3 is 0 Å². The van der Waals surface area contributed by atoms with E-state index in [1.165, 1.54) is 17.4 Å². The van der Waals surface area contributed by atoms with E-state index in [4.69, 9.17) is 0 Å². The van der Waals surface area contributed by atoms with Crippen molar-refractivity contribution >= 4 is 28.8 Å². The van der Waals surface area contributed by atoms with E-state index in [2.05, 4.69) is 15.6 Å². The van der Waals surface area contributed by atoms with Gasteiger partial charge in [0.25, 0.3) is 0 Å². The fourth-order valence-electron chi connectivity index (χ4n) is 1.85. The van der Waals surface area contributed by atoms with Crippen molar-refractivity contribution in [2.75, 3.05) is 11.9 Å². The summed E-state index contributed by atoms with van der Waals surface area (Å²) in [6.45, 7) is 3.77. The molecule has 0 radical (unpaired) electrons. The molecule has 2 N–H and O–H groups in total. The molecule has 0 bridgehead atoms. The topological polar surface area (TPSA) is 71.1 Å². The first-order valence-corrected chi connectivity index (χ1v) is 8.19. The number of hydrogen-bond donors (Lipinski definition) is 2. The first-order valence-electron chi connectivity index (χ1n) is 7.31. The highest BCUT2D eigenvalue weighted by Crippen LogP contribution is 2.19. The van der Waals surface area contributed by atoms with Crippen LogP contribution in [0.25, 0.3) is 0 Å². The molecule has 0 saturated carbocycles. The van der Waals surface area contributed by atoms with E-state index in [-0.39, 0.29) is 24.6 Å². The molecule has 1 aromatic heterocycles. The third-order valence-corrected chi connectivity index (χ3v) is 4.25. The Morgan fingerprint density at radius 3 is 2.58 bits per heavy atom. The minimum absolute atomic E-state index is 0.0850. The summed E-state index contributed by atoms with van der Waals surface area (Å²) in [7, 11) is 0. The lowest BCUT2D eigenvalue weighted by Gasteiger charge is -2.07. The van der Waals surface area contributed by atoms with Gasteiger partial charge in [0.2, 0.25) is 11.8 Å². The summed E-state index contributed by atoms with van der Waals surface area (Å²) in [4.78, 5) is 27.9. The van der Waals surface area contributed by atoms with Gasteiger partial charge < -0.3 is 10.6 Å². The average Bonchev–Trinajstić information content (AvgIpc) is 2.98. The Morgan fingerprint density at radius 2 is 1.96 bits per heavy atom. The van der Waals surface area contributed by atoms with Crippen LogP contribution in [0.4, 0.5) is 14.5 Å². The largest absolute Gasteiger partial charge is 0.347 e. The van der Waals surface area contributed by atoms with Crippen molar-refractivity contribution in [1.29, 1.82) is 0 Å². The number of anilines is 1. The molecule has 128 valence electrons. The Balaban J connectivity index is 1.80. The molecule has 2 amide bonds. The number of hydrogen-bond acceptors (Lipinski definition) is 4. The highest BCUT2D eigenvalue weighted by Gasteiger charge is 2.11. The molecule has 0 unspecified atom stereocenters. The summed E-state index contributed by atoms with van der Waals surface area (Å²) in [5, 5.41) is 7.60. The number of amides is 2. The Bertz CT molecular complexity index is 747. The maximum absolute atomic E-state index is 13.0. The minimum Gasteiger partial charge on any atom is -0.347 e. The molecular formula is C16H17F2N3O2S. The van der Waals surface area contributed by atoms with Crippen LogP contribution in [0.15, 0.2) is 23.6 Å². The van der Waals surface area contributed by atoms with E-state index in [0.29, 0.717) is 11.6 Å². The quantitative estimate of drug-likeness (QED) is 0.839. The molecular weight excluding hydrogens is 336 g/mol. The smallest absolute Gasteiger partial charge is 0.243 e. The number of carbonyl (C=O) groups excluding carboxylic acids is 2. The Morgan fingerprint density at radius 1 is 1.21 bits per heavy atom. The number of aromatic nitrogens is 1. The third kappa shape index (κ3) is 5.09. The maximum atomic E-state index is 13.0. The molecule has 1 aromatic carbocycles. The van der Waals surface area contributed by atoms with E-state index < -0.39 is 17.5 Å². The van der Waals surface area contributed by atoms with Gasteiger partial charge in [0.1, 0.15) is 0 Å². The predicted molar refractivity (Wildman–Crippen MR) is 87.9 cm³/mol. The molecule has 0 aliphatic rings. The Labute approximate surface area is 142 Å². The molecule has 8 heteroatoms. The molecule has 5 nitrogen and oxygen atoms in total. The Kier molecular flexibility index (Phi) is 5.97.